The van der Waals surface area contributed by atoms with Gasteiger partial charge < -0.3 is 14.2 Å². The monoisotopic (exact) mass is 388 g/mol. The van der Waals surface area contributed by atoms with Gasteiger partial charge in [-0.25, -0.2) is 4.68 Å². The van der Waals surface area contributed by atoms with E-state index in [1.54, 1.807) is 18.2 Å². The maximum atomic E-state index is 13.3. The second-order valence-electron chi connectivity index (χ2n) is 7.18. The molecule has 148 valence electrons. The van der Waals surface area contributed by atoms with Gasteiger partial charge in [0.2, 0.25) is 0 Å². The summed E-state index contributed by atoms with van der Waals surface area (Å²) in [7, 11) is 5.45. The summed E-state index contributed by atoms with van der Waals surface area (Å²) in [4.78, 5) is 15.1. The van der Waals surface area contributed by atoms with E-state index in [0.717, 1.165) is 39.2 Å². The minimum absolute atomic E-state index is 0.00231. The van der Waals surface area contributed by atoms with Crippen molar-refractivity contribution in [3.63, 3.8) is 0 Å². The fraction of sp³-hybridized carbons (Fsp3) is 0.217. The lowest BCUT2D eigenvalue weighted by atomic mass is 10.1. The van der Waals surface area contributed by atoms with Crippen molar-refractivity contribution in [2.24, 2.45) is 7.05 Å². The zero-order valence-electron chi connectivity index (χ0n) is 17.1. The first-order valence-electron chi connectivity index (χ1n) is 9.47. The van der Waals surface area contributed by atoms with Gasteiger partial charge in [0.15, 0.2) is 0 Å². The van der Waals surface area contributed by atoms with Crippen LogP contribution >= 0.6 is 0 Å². The number of carbonyl (C=O) groups excluding carboxylic acids is 1. The van der Waals surface area contributed by atoms with Crippen LogP contribution in [0.4, 0.5) is 0 Å². The molecule has 4 aromatic rings. The normalized spacial score (nSPS) is 11.0. The van der Waals surface area contributed by atoms with Crippen molar-refractivity contribution in [3.05, 3.63) is 77.7 Å². The number of rotatable bonds is 5. The number of carbonyl (C=O) groups is 1. The van der Waals surface area contributed by atoms with Gasteiger partial charge in [-0.1, -0.05) is 12.1 Å². The topological polar surface area (TPSA) is 52.3 Å². The first kappa shape index (κ1) is 18.8. The zero-order valence-corrected chi connectivity index (χ0v) is 17.1. The Morgan fingerprint density at radius 3 is 2.59 bits per heavy atom. The number of hydrogen-bond acceptors (Lipinski definition) is 3. The van der Waals surface area contributed by atoms with Crippen LogP contribution in [-0.2, 0) is 13.6 Å². The minimum Gasteiger partial charge on any atom is -0.497 e. The molecule has 2 aromatic carbocycles. The quantitative estimate of drug-likeness (QED) is 0.520. The Labute approximate surface area is 169 Å². The molecule has 0 radical (unpaired) electrons. The van der Waals surface area contributed by atoms with Gasteiger partial charge in [-0.05, 0) is 48.9 Å². The lowest BCUT2D eigenvalue weighted by Crippen LogP contribution is -2.26. The molecule has 2 aromatic heterocycles. The molecule has 0 saturated carbocycles. The van der Waals surface area contributed by atoms with Gasteiger partial charge in [0.1, 0.15) is 5.75 Å². The van der Waals surface area contributed by atoms with E-state index in [9.17, 15) is 4.79 Å². The average molecular weight is 388 g/mol. The summed E-state index contributed by atoms with van der Waals surface area (Å²) in [5.74, 6) is 0.742. The average Bonchev–Trinajstić information content (AvgIpc) is 3.35. The molecule has 29 heavy (non-hydrogen) atoms. The van der Waals surface area contributed by atoms with Crippen LogP contribution in [0.5, 0.6) is 5.75 Å². The van der Waals surface area contributed by atoms with Gasteiger partial charge in [-0.15, -0.1) is 0 Å². The highest BCUT2D eigenvalue weighted by Crippen LogP contribution is 2.29. The van der Waals surface area contributed by atoms with Crippen LogP contribution < -0.4 is 4.74 Å². The van der Waals surface area contributed by atoms with Crippen molar-refractivity contribution >= 4 is 16.8 Å². The Morgan fingerprint density at radius 2 is 1.93 bits per heavy atom. The predicted octanol–water partition coefficient (Wildman–Crippen LogP) is 3.95. The number of hydrogen-bond donors (Lipinski definition) is 0. The highest BCUT2D eigenvalue weighted by atomic mass is 16.5. The van der Waals surface area contributed by atoms with Gasteiger partial charge in [0, 0.05) is 49.6 Å². The van der Waals surface area contributed by atoms with Crippen LogP contribution in [0, 0.1) is 6.92 Å². The van der Waals surface area contributed by atoms with Crippen molar-refractivity contribution in [1.82, 2.24) is 19.2 Å². The van der Waals surface area contributed by atoms with Crippen LogP contribution in [0.15, 0.2) is 60.9 Å². The SMILES string of the molecule is COc1ccc2c(c1)c(C(=O)N(C)Cc1ccc(-n3cccn3)cc1)c(C)n2C. The predicted molar refractivity (Wildman–Crippen MR) is 114 cm³/mol. The van der Waals surface area contributed by atoms with E-state index < -0.39 is 0 Å². The molecule has 0 aliphatic heterocycles. The molecule has 2 heterocycles. The Kier molecular flexibility index (Phi) is 4.84. The van der Waals surface area contributed by atoms with Gasteiger partial charge in [0.05, 0.1) is 18.4 Å². The Balaban J connectivity index is 1.60. The molecule has 0 spiro atoms. The molecule has 0 saturated heterocycles. The largest absolute Gasteiger partial charge is 0.497 e. The number of ether oxygens (including phenoxy) is 1. The lowest BCUT2D eigenvalue weighted by Gasteiger charge is -2.18. The maximum Gasteiger partial charge on any atom is 0.256 e. The summed E-state index contributed by atoms with van der Waals surface area (Å²) in [6, 6.07) is 15.8. The van der Waals surface area contributed by atoms with Crippen molar-refractivity contribution in [2.45, 2.75) is 13.5 Å². The number of benzene rings is 2. The number of nitrogens with zero attached hydrogens (tertiary/aromatic N) is 4. The van der Waals surface area contributed by atoms with Crippen LogP contribution in [0.2, 0.25) is 0 Å². The third-order valence-corrected chi connectivity index (χ3v) is 5.38. The Hall–Kier alpha value is -3.54. The molecule has 6 heteroatoms. The van der Waals surface area contributed by atoms with Crippen molar-refractivity contribution in [1.29, 1.82) is 0 Å². The van der Waals surface area contributed by atoms with E-state index in [4.69, 9.17) is 4.74 Å². The molecule has 0 N–H and O–H groups in total. The Morgan fingerprint density at radius 1 is 1.17 bits per heavy atom. The molecule has 4 rings (SSSR count). The van der Waals surface area contributed by atoms with Crippen molar-refractivity contribution in [2.75, 3.05) is 14.2 Å². The smallest absolute Gasteiger partial charge is 0.256 e. The first-order valence-corrected chi connectivity index (χ1v) is 9.47. The van der Waals surface area contributed by atoms with E-state index in [1.807, 2.05) is 80.4 Å². The van der Waals surface area contributed by atoms with Gasteiger partial charge in [-0.3, -0.25) is 4.79 Å². The van der Waals surface area contributed by atoms with E-state index >= 15 is 0 Å². The van der Waals surface area contributed by atoms with E-state index in [1.165, 1.54) is 0 Å². The summed E-state index contributed by atoms with van der Waals surface area (Å²) in [6.45, 7) is 2.50. The van der Waals surface area contributed by atoms with Crippen molar-refractivity contribution < 1.29 is 9.53 Å². The highest BCUT2D eigenvalue weighted by Gasteiger charge is 2.22. The molecule has 1 amide bonds. The number of aromatic nitrogens is 3. The fourth-order valence-corrected chi connectivity index (χ4v) is 3.66. The van der Waals surface area contributed by atoms with Crippen LogP contribution in [0.25, 0.3) is 16.6 Å². The molecular formula is C23H24N4O2. The summed E-state index contributed by atoms with van der Waals surface area (Å²) in [5.41, 5.74) is 4.73. The molecule has 0 aliphatic rings. The van der Waals surface area contributed by atoms with Crippen molar-refractivity contribution in [3.8, 4) is 11.4 Å². The molecular weight excluding hydrogens is 364 g/mol. The fourth-order valence-electron chi connectivity index (χ4n) is 3.66. The van der Waals surface area contributed by atoms with Gasteiger partial charge >= 0.3 is 0 Å². The molecule has 0 aliphatic carbocycles. The number of fused-ring (bicyclic) bond motifs is 1. The first-order chi connectivity index (χ1) is 14.0. The third kappa shape index (κ3) is 3.38. The number of methoxy groups -OCH3 is 1. The maximum absolute atomic E-state index is 13.3. The standard InChI is InChI=1S/C23H24N4O2/c1-16-22(20-14-19(29-4)10-11-21(20)26(16)3)23(28)25(2)15-17-6-8-18(9-7-17)27-13-5-12-24-27/h5-14H,15H2,1-4H3. The Bertz CT molecular complexity index is 1160. The number of amides is 1. The van der Waals surface area contributed by atoms with E-state index in [-0.39, 0.29) is 5.91 Å². The minimum atomic E-state index is -0.00231. The molecule has 0 bridgehead atoms. The van der Waals surface area contributed by atoms with Gasteiger partial charge in [0.25, 0.3) is 5.91 Å². The summed E-state index contributed by atoms with van der Waals surface area (Å²) in [6.07, 6.45) is 3.66. The molecule has 0 fully saturated rings. The summed E-state index contributed by atoms with van der Waals surface area (Å²) >= 11 is 0. The lowest BCUT2D eigenvalue weighted by molar-refractivity contribution is 0.0786. The number of aryl methyl sites for hydroxylation is 1. The van der Waals surface area contributed by atoms with Gasteiger partial charge in [-0.2, -0.15) is 5.10 Å². The van der Waals surface area contributed by atoms with Crippen LogP contribution in [0.1, 0.15) is 21.6 Å². The van der Waals surface area contributed by atoms with E-state index in [0.29, 0.717) is 6.54 Å². The summed E-state index contributed by atoms with van der Waals surface area (Å²) < 4.78 is 9.22. The zero-order chi connectivity index (χ0) is 20.5. The second-order valence-corrected chi connectivity index (χ2v) is 7.18. The second kappa shape index (κ2) is 7.47. The van der Waals surface area contributed by atoms with Crippen LogP contribution in [-0.4, -0.2) is 39.3 Å². The van der Waals surface area contributed by atoms with E-state index in [2.05, 4.69) is 9.67 Å². The highest BCUT2D eigenvalue weighted by molar-refractivity contribution is 6.08. The summed E-state index contributed by atoms with van der Waals surface area (Å²) in [5, 5.41) is 5.15. The molecule has 0 unspecified atom stereocenters. The van der Waals surface area contributed by atoms with Crippen LogP contribution in [0.3, 0.4) is 0 Å². The third-order valence-electron chi connectivity index (χ3n) is 5.38. The molecule has 0 atom stereocenters. The molecule has 6 nitrogen and oxygen atoms in total.